The Labute approximate surface area is 195 Å². The summed E-state index contributed by atoms with van der Waals surface area (Å²) in [6, 6.07) is 9.18. The van der Waals surface area contributed by atoms with E-state index in [1.165, 1.54) is 54.4 Å². The molecule has 8 nitrogen and oxygen atoms in total. The molecule has 0 bridgehead atoms. The van der Waals surface area contributed by atoms with E-state index in [0.29, 0.717) is 0 Å². The number of hydrogen-bond donors (Lipinski definition) is 3. The summed E-state index contributed by atoms with van der Waals surface area (Å²) in [6.45, 7) is -0.356. The van der Waals surface area contributed by atoms with E-state index in [0.717, 1.165) is 12.1 Å². The summed E-state index contributed by atoms with van der Waals surface area (Å²) in [4.78, 5) is 39.8. The summed E-state index contributed by atoms with van der Waals surface area (Å²) in [5.74, 6) is -3.23. The van der Waals surface area contributed by atoms with Crippen molar-refractivity contribution < 1.29 is 27.9 Å². The Bertz CT molecular complexity index is 1710. The number of carboxylic acid groups (broad SMARTS) is 1. The van der Waals surface area contributed by atoms with E-state index in [-0.39, 0.29) is 56.4 Å². The van der Waals surface area contributed by atoms with Crippen molar-refractivity contribution in [3.05, 3.63) is 93.7 Å². The number of hydrogen-bond acceptors (Lipinski definition) is 4. The number of fused-ring (bicyclic) bond motifs is 3. The third-order valence-electron chi connectivity index (χ3n) is 5.87. The zero-order valence-electron chi connectivity index (χ0n) is 18.2. The van der Waals surface area contributed by atoms with Crippen LogP contribution >= 0.6 is 0 Å². The number of nitrogens with one attached hydrogen (secondary N) is 2. The molecule has 3 aromatic heterocycles. The van der Waals surface area contributed by atoms with E-state index in [1.807, 2.05) is 0 Å². The number of carbonyl (C=O) groups is 2. The van der Waals surface area contributed by atoms with Gasteiger partial charge in [0.15, 0.2) is 0 Å². The quantitative estimate of drug-likeness (QED) is 0.352. The summed E-state index contributed by atoms with van der Waals surface area (Å²) in [6.07, 6.45) is 2.66. The van der Waals surface area contributed by atoms with Crippen molar-refractivity contribution in [2.75, 3.05) is 7.05 Å². The van der Waals surface area contributed by atoms with Gasteiger partial charge >= 0.3 is 5.97 Å². The lowest BCUT2D eigenvalue weighted by molar-refractivity contribution is 0.0686. The number of benzene rings is 2. The van der Waals surface area contributed by atoms with Gasteiger partial charge in [-0.05, 0) is 42.5 Å². The van der Waals surface area contributed by atoms with E-state index in [1.54, 1.807) is 0 Å². The molecule has 35 heavy (non-hydrogen) atoms. The number of carboxylic acids is 1. The minimum absolute atomic E-state index is 0.000953. The third-order valence-corrected chi connectivity index (χ3v) is 5.87. The normalized spacial score (nSPS) is 11.3. The minimum atomic E-state index is -1.41. The molecule has 0 saturated carbocycles. The summed E-state index contributed by atoms with van der Waals surface area (Å²) in [7, 11) is 1.43. The van der Waals surface area contributed by atoms with Gasteiger partial charge < -0.3 is 24.4 Å². The number of furan rings is 1. The number of rotatable bonds is 5. The average molecular weight is 477 g/mol. The van der Waals surface area contributed by atoms with Gasteiger partial charge in [0.1, 0.15) is 22.9 Å². The van der Waals surface area contributed by atoms with Crippen LogP contribution in [0.4, 0.5) is 8.78 Å². The van der Waals surface area contributed by atoms with Crippen molar-refractivity contribution in [1.82, 2.24) is 14.9 Å². The van der Waals surface area contributed by atoms with Crippen LogP contribution < -0.4 is 10.9 Å². The monoisotopic (exact) mass is 477 g/mol. The molecule has 0 aliphatic rings. The molecule has 3 heterocycles. The maximum atomic E-state index is 15.0. The van der Waals surface area contributed by atoms with Crippen LogP contribution in [0.5, 0.6) is 0 Å². The largest absolute Gasteiger partial charge is 0.477 e. The van der Waals surface area contributed by atoms with Crippen molar-refractivity contribution >= 4 is 33.7 Å². The maximum absolute atomic E-state index is 15.0. The van der Waals surface area contributed by atoms with Crippen molar-refractivity contribution in [2.24, 2.45) is 0 Å². The Balaban J connectivity index is 1.89. The topological polar surface area (TPSA) is 117 Å². The highest BCUT2D eigenvalue weighted by Gasteiger charge is 2.29. The van der Waals surface area contributed by atoms with Crippen molar-refractivity contribution in [3.63, 3.8) is 0 Å². The van der Waals surface area contributed by atoms with Crippen LogP contribution in [0.15, 0.2) is 64.1 Å². The fourth-order valence-corrected chi connectivity index (χ4v) is 4.32. The van der Waals surface area contributed by atoms with Gasteiger partial charge in [-0.25, -0.2) is 13.6 Å². The fourth-order valence-electron chi connectivity index (χ4n) is 4.32. The first kappa shape index (κ1) is 22.1. The number of aromatic carboxylic acids is 1. The molecule has 0 atom stereocenters. The summed E-state index contributed by atoms with van der Waals surface area (Å²) in [5, 5.41) is 13.0. The molecule has 5 aromatic rings. The molecule has 1 amide bonds. The highest BCUT2D eigenvalue weighted by atomic mass is 19.1. The third kappa shape index (κ3) is 3.46. The Morgan fingerprint density at radius 3 is 2.66 bits per heavy atom. The van der Waals surface area contributed by atoms with Crippen LogP contribution in [0.2, 0.25) is 0 Å². The first-order valence-electron chi connectivity index (χ1n) is 10.5. The van der Waals surface area contributed by atoms with Gasteiger partial charge in [-0.15, -0.1) is 0 Å². The minimum Gasteiger partial charge on any atom is -0.477 e. The molecule has 0 aliphatic heterocycles. The molecule has 0 spiro atoms. The predicted octanol–water partition coefficient (Wildman–Crippen LogP) is 4.13. The second kappa shape index (κ2) is 8.24. The molecule has 0 aliphatic carbocycles. The van der Waals surface area contributed by atoms with E-state index in [9.17, 15) is 28.3 Å². The Morgan fingerprint density at radius 1 is 1.14 bits per heavy atom. The number of nitrogens with zero attached hydrogens (tertiary/aromatic N) is 1. The molecule has 0 unspecified atom stereocenters. The standard InChI is InChI=1S/C25H17F2N3O5/c1-28-23(31)12-4-5-16(26)13(9-12)11-30-18-10-17(27)14-6-8-35-22(14)20(18)19(21(30)25(33)34)15-3-2-7-29-24(15)32/h2-10H,11H2,1H3,(H,28,31)(H,29,32)(H,33,34). The molecular formula is C25H17F2N3O5. The number of pyridine rings is 1. The highest BCUT2D eigenvalue weighted by Crippen LogP contribution is 2.40. The summed E-state index contributed by atoms with van der Waals surface area (Å²) in [5.41, 5.74) is -0.578. The fraction of sp³-hybridized carbons (Fsp3) is 0.0800. The number of aromatic amines is 1. The lowest BCUT2D eigenvalue weighted by Gasteiger charge is -2.12. The lowest BCUT2D eigenvalue weighted by Crippen LogP contribution is -2.19. The van der Waals surface area contributed by atoms with Gasteiger partial charge in [0.25, 0.3) is 11.5 Å². The van der Waals surface area contributed by atoms with Crippen molar-refractivity contribution in [3.8, 4) is 11.1 Å². The molecule has 0 saturated heterocycles. The van der Waals surface area contributed by atoms with Crippen LogP contribution in [0, 0.1) is 11.6 Å². The van der Waals surface area contributed by atoms with Crippen molar-refractivity contribution in [2.45, 2.75) is 6.54 Å². The summed E-state index contributed by atoms with van der Waals surface area (Å²) < 4.78 is 36.5. The van der Waals surface area contributed by atoms with Gasteiger partial charge in [-0.1, -0.05) is 0 Å². The molecule has 10 heteroatoms. The van der Waals surface area contributed by atoms with Gasteiger partial charge in [0.2, 0.25) is 0 Å². The van der Waals surface area contributed by atoms with Gasteiger partial charge in [-0.3, -0.25) is 9.59 Å². The molecule has 2 aromatic carbocycles. The maximum Gasteiger partial charge on any atom is 0.353 e. The number of amides is 1. The Hall–Kier alpha value is -4.73. The summed E-state index contributed by atoms with van der Waals surface area (Å²) >= 11 is 0. The van der Waals surface area contributed by atoms with Crippen LogP contribution in [0.3, 0.4) is 0 Å². The number of halogens is 2. The smallest absolute Gasteiger partial charge is 0.353 e. The Kier molecular flexibility index (Phi) is 5.20. The van der Waals surface area contributed by atoms with E-state index >= 15 is 0 Å². The SMILES string of the molecule is CNC(=O)c1ccc(F)c(Cn2c(C(=O)O)c(-c3ccc[nH]c3=O)c3c4occc4c(F)cc32)c1. The second-order valence-corrected chi connectivity index (χ2v) is 7.83. The predicted molar refractivity (Wildman–Crippen MR) is 124 cm³/mol. The molecule has 3 N–H and O–H groups in total. The Morgan fingerprint density at radius 2 is 1.94 bits per heavy atom. The first-order chi connectivity index (χ1) is 16.8. The lowest BCUT2D eigenvalue weighted by atomic mass is 10.0. The average Bonchev–Trinajstić information content (AvgIpc) is 3.44. The number of carbonyl (C=O) groups excluding carboxylic acids is 1. The van der Waals surface area contributed by atoms with Crippen LogP contribution in [0.1, 0.15) is 26.4 Å². The highest BCUT2D eigenvalue weighted by molar-refractivity contribution is 6.17. The molecule has 5 rings (SSSR count). The number of H-pyrrole nitrogens is 1. The zero-order chi connectivity index (χ0) is 24.9. The van der Waals surface area contributed by atoms with E-state index in [4.69, 9.17) is 4.42 Å². The van der Waals surface area contributed by atoms with Crippen LogP contribution in [-0.2, 0) is 6.54 Å². The van der Waals surface area contributed by atoms with Gasteiger partial charge in [-0.2, -0.15) is 0 Å². The van der Waals surface area contributed by atoms with Crippen LogP contribution in [0.25, 0.3) is 33.0 Å². The first-order valence-corrected chi connectivity index (χ1v) is 10.5. The van der Waals surface area contributed by atoms with E-state index in [2.05, 4.69) is 10.3 Å². The second-order valence-electron chi connectivity index (χ2n) is 7.83. The van der Waals surface area contributed by atoms with Crippen molar-refractivity contribution in [1.29, 1.82) is 0 Å². The number of aromatic nitrogens is 2. The van der Waals surface area contributed by atoms with Crippen LogP contribution in [-0.4, -0.2) is 33.6 Å². The van der Waals surface area contributed by atoms with Gasteiger partial charge in [0, 0.05) is 29.9 Å². The molecule has 0 radical (unpaired) electrons. The van der Waals surface area contributed by atoms with Gasteiger partial charge in [0.05, 0.1) is 34.7 Å². The molecular weight excluding hydrogens is 460 g/mol. The van der Waals surface area contributed by atoms with E-state index < -0.39 is 29.1 Å². The zero-order valence-corrected chi connectivity index (χ0v) is 18.2. The molecule has 176 valence electrons. The molecule has 0 fully saturated rings.